The van der Waals surface area contributed by atoms with Gasteiger partial charge in [0, 0.05) is 4.47 Å². The Bertz CT molecular complexity index is 940. The fraction of sp³-hybridized carbons (Fsp3) is 0.211. The van der Waals surface area contributed by atoms with Gasteiger partial charge in [-0.1, -0.05) is 18.2 Å². The number of aliphatic hydroxyl groups excluding tert-OH is 1. The van der Waals surface area contributed by atoms with Gasteiger partial charge >= 0.3 is 0 Å². The molecule has 1 atom stereocenters. The Kier molecular flexibility index (Phi) is 5.88. The molecule has 3 aromatic rings. The number of nitrogens with zero attached hydrogens (tertiary/aromatic N) is 3. The van der Waals surface area contributed by atoms with Gasteiger partial charge in [-0.25, -0.2) is 9.67 Å². The third kappa shape index (κ3) is 4.72. The lowest BCUT2D eigenvalue weighted by atomic mass is 10.1. The van der Waals surface area contributed by atoms with Crippen molar-refractivity contribution in [1.29, 1.82) is 0 Å². The van der Waals surface area contributed by atoms with Crippen molar-refractivity contribution in [2.24, 2.45) is 0 Å². The van der Waals surface area contributed by atoms with Crippen molar-refractivity contribution in [2.75, 3.05) is 12.4 Å². The zero-order chi connectivity index (χ0) is 19.4. The molecule has 0 fully saturated rings. The van der Waals surface area contributed by atoms with Crippen molar-refractivity contribution < 1.29 is 14.6 Å². The molecule has 0 saturated carbocycles. The number of carbonyl (C=O) groups is 1. The van der Waals surface area contributed by atoms with E-state index in [1.54, 1.807) is 31.4 Å². The molecule has 2 N–H and O–H groups in total. The van der Waals surface area contributed by atoms with Gasteiger partial charge in [0.25, 0.3) is 5.91 Å². The van der Waals surface area contributed by atoms with Crippen molar-refractivity contribution in [3.8, 4) is 5.75 Å². The van der Waals surface area contributed by atoms with Crippen LogP contribution in [-0.2, 0) is 6.54 Å². The molecule has 1 heterocycles. The molecule has 3 rings (SSSR count). The number of hydrogen-bond acceptors (Lipinski definition) is 5. The predicted molar refractivity (Wildman–Crippen MR) is 105 cm³/mol. The number of methoxy groups -OCH3 is 1. The summed E-state index contributed by atoms with van der Waals surface area (Å²) in [6.07, 6.45) is 0.644. The van der Waals surface area contributed by atoms with Gasteiger partial charge in [0.2, 0.25) is 5.82 Å². The molecule has 0 aliphatic rings. The van der Waals surface area contributed by atoms with E-state index in [2.05, 4.69) is 31.3 Å². The van der Waals surface area contributed by atoms with Crippen molar-refractivity contribution in [2.45, 2.75) is 19.6 Å². The molecular weight excluding hydrogens is 412 g/mol. The summed E-state index contributed by atoms with van der Waals surface area (Å²) < 4.78 is 7.32. The molecule has 27 heavy (non-hydrogen) atoms. The van der Waals surface area contributed by atoms with E-state index in [9.17, 15) is 9.90 Å². The lowest BCUT2D eigenvalue weighted by Crippen LogP contribution is -2.15. The highest BCUT2D eigenvalue weighted by molar-refractivity contribution is 9.10. The predicted octanol–water partition coefficient (Wildman–Crippen LogP) is 3.34. The summed E-state index contributed by atoms with van der Waals surface area (Å²) in [5.41, 5.74) is 2.44. The minimum Gasteiger partial charge on any atom is -0.497 e. The number of ether oxygens (including phenoxy) is 1. The largest absolute Gasteiger partial charge is 0.497 e. The summed E-state index contributed by atoms with van der Waals surface area (Å²) in [5.74, 6) is 0.328. The highest BCUT2D eigenvalue weighted by atomic mass is 79.9. The van der Waals surface area contributed by atoms with Crippen LogP contribution in [0, 0.1) is 6.92 Å². The van der Waals surface area contributed by atoms with Crippen molar-refractivity contribution >= 4 is 27.5 Å². The van der Waals surface area contributed by atoms with Crippen LogP contribution in [0.3, 0.4) is 0 Å². The maximum atomic E-state index is 12.3. The van der Waals surface area contributed by atoms with Crippen LogP contribution in [0.5, 0.6) is 5.75 Å². The number of benzene rings is 2. The molecule has 1 aromatic heterocycles. The fourth-order valence-corrected chi connectivity index (χ4v) is 3.09. The summed E-state index contributed by atoms with van der Waals surface area (Å²) in [7, 11) is 1.59. The molecule has 0 unspecified atom stereocenters. The number of amides is 1. The van der Waals surface area contributed by atoms with E-state index in [4.69, 9.17) is 4.74 Å². The van der Waals surface area contributed by atoms with Crippen LogP contribution >= 0.6 is 15.9 Å². The van der Waals surface area contributed by atoms with Gasteiger partial charge in [0.05, 0.1) is 25.4 Å². The number of aryl methyl sites for hydroxylation is 1. The summed E-state index contributed by atoms with van der Waals surface area (Å²) in [6, 6.07) is 12.7. The van der Waals surface area contributed by atoms with E-state index in [1.807, 2.05) is 25.1 Å². The first kappa shape index (κ1) is 19.1. The van der Waals surface area contributed by atoms with E-state index in [-0.39, 0.29) is 12.4 Å². The first-order valence-electron chi connectivity index (χ1n) is 8.25. The van der Waals surface area contributed by atoms with E-state index in [1.165, 1.54) is 11.0 Å². The minimum atomic E-state index is -0.778. The smallest absolute Gasteiger partial charge is 0.295 e. The number of aromatic nitrogens is 3. The van der Waals surface area contributed by atoms with Gasteiger partial charge in [0.15, 0.2) is 0 Å². The topological polar surface area (TPSA) is 89.3 Å². The number of rotatable bonds is 6. The maximum Gasteiger partial charge on any atom is 0.295 e. The molecule has 0 bridgehead atoms. The second-order valence-corrected chi connectivity index (χ2v) is 6.87. The van der Waals surface area contributed by atoms with Crippen LogP contribution in [0.2, 0.25) is 0 Å². The lowest BCUT2D eigenvalue weighted by molar-refractivity contribution is 0.101. The Morgan fingerprint density at radius 2 is 2.04 bits per heavy atom. The van der Waals surface area contributed by atoms with Crippen LogP contribution in [0.25, 0.3) is 0 Å². The van der Waals surface area contributed by atoms with E-state index in [0.717, 1.165) is 15.6 Å². The van der Waals surface area contributed by atoms with Crippen LogP contribution in [0.1, 0.15) is 27.8 Å². The Balaban J connectivity index is 1.65. The molecule has 0 aliphatic carbocycles. The van der Waals surface area contributed by atoms with E-state index < -0.39 is 12.0 Å². The quantitative estimate of drug-likeness (QED) is 0.625. The van der Waals surface area contributed by atoms with Crippen molar-refractivity contribution in [1.82, 2.24) is 14.8 Å². The third-order valence-electron chi connectivity index (χ3n) is 3.97. The Morgan fingerprint density at radius 1 is 1.30 bits per heavy atom. The fourth-order valence-electron chi connectivity index (χ4n) is 2.50. The van der Waals surface area contributed by atoms with Crippen LogP contribution < -0.4 is 10.1 Å². The Morgan fingerprint density at radius 3 is 2.70 bits per heavy atom. The number of anilines is 1. The number of carbonyl (C=O) groups excluding carboxylic acids is 1. The normalized spacial score (nSPS) is 11.9. The van der Waals surface area contributed by atoms with E-state index in [0.29, 0.717) is 11.4 Å². The summed E-state index contributed by atoms with van der Waals surface area (Å²) in [6.45, 7) is 2.15. The molecular formula is C19H19BrN4O3. The van der Waals surface area contributed by atoms with Crippen molar-refractivity contribution in [3.05, 3.63) is 70.2 Å². The summed E-state index contributed by atoms with van der Waals surface area (Å²) >= 11 is 3.42. The number of hydrogen-bond donors (Lipinski definition) is 2. The zero-order valence-corrected chi connectivity index (χ0v) is 16.5. The molecule has 0 aliphatic heterocycles. The molecule has 8 heteroatoms. The second-order valence-electron chi connectivity index (χ2n) is 6.02. The van der Waals surface area contributed by atoms with Gasteiger partial charge in [-0.2, -0.15) is 0 Å². The highest BCUT2D eigenvalue weighted by Gasteiger charge is 2.15. The molecule has 7 nitrogen and oxygen atoms in total. The van der Waals surface area contributed by atoms with Crippen LogP contribution in [-0.4, -0.2) is 32.9 Å². The second kappa shape index (κ2) is 8.32. The molecule has 0 radical (unpaired) electrons. The summed E-state index contributed by atoms with van der Waals surface area (Å²) in [4.78, 5) is 16.4. The highest BCUT2D eigenvalue weighted by Crippen LogP contribution is 2.23. The van der Waals surface area contributed by atoms with E-state index >= 15 is 0 Å². The van der Waals surface area contributed by atoms with Gasteiger partial charge in [-0.3, -0.25) is 4.79 Å². The maximum absolute atomic E-state index is 12.3. The number of aliphatic hydroxyl groups is 1. The Labute approximate surface area is 165 Å². The lowest BCUT2D eigenvalue weighted by Gasteiger charge is -2.11. The van der Waals surface area contributed by atoms with Crippen LogP contribution in [0.4, 0.5) is 5.69 Å². The average Bonchev–Trinajstić information content (AvgIpc) is 3.12. The first-order valence-corrected chi connectivity index (χ1v) is 9.04. The molecule has 1 amide bonds. The third-order valence-corrected chi connectivity index (χ3v) is 4.63. The first-order chi connectivity index (χ1) is 13.0. The number of halogens is 1. The van der Waals surface area contributed by atoms with Gasteiger partial charge in [0.1, 0.15) is 12.1 Å². The molecule has 0 saturated heterocycles. The van der Waals surface area contributed by atoms with Gasteiger partial charge in [-0.15, -0.1) is 5.10 Å². The number of nitrogens with one attached hydrogen (secondary N) is 1. The van der Waals surface area contributed by atoms with Crippen molar-refractivity contribution in [3.63, 3.8) is 0 Å². The Hall–Kier alpha value is -2.71. The van der Waals surface area contributed by atoms with Gasteiger partial charge < -0.3 is 15.2 Å². The molecule has 2 aromatic carbocycles. The molecule has 0 spiro atoms. The average molecular weight is 431 g/mol. The monoisotopic (exact) mass is 430 g/mol. The van der Waals surface area contributed by atoms with Gasteiger partial charge in [-0.05, 0) is 58.2 Å². The summed E-state index contributed by atoms with van der Waals surface area (Å²) in [5, 5.41) is 17.3. The van der Waals surface area contributed by atoms with Crippen LogP contribution in [0.15, 0.2) is 53.3 Å². The minimum absolute atomic E-state index is 0.0319. The zero-order valence-electron chi connectivity index (χ0n) is 14.9. The standard InChI is InChI=1S/C19H19BrN4O3/c1-12-3-8-16(15(20)9-12)22-19(26)18-21-11-24(23-18)10-17(25)13-4-6-14(27-2)7-5-13/h3-9,11,17,25H,10H2,1-2H3,(H,22,26)/t17-/m1/s1. The molecule has 140 valence electrons. The SMILES string of the molecule is COc1ccc([C@H](O)Cn2cnc(C(=O)Nc3ccc(C)cc3Br)n2)cc1.